The number of hydrogen-bond acceptors (Lipinski definition) is 7. The smallest absolute Gasteiger partial charge is 0.306 e. The highest BCUT2D eigenvalue weighted by molar-refractivity contribution is 5.85. The van der Waals surface area contributed by atoms with Gasteiger partial charge in [-0.15, -0.1) is 0 Å². The van der Waals surface area contributed by atoms with E-state index < -0.39 is 0 Å². The number of ether oxygens (including phenoxy) is 1. The van der Waals surface area contributed by atoms with Gasteiger partial charge in [0.15, 0.2) is 0 Å². The predicted octanol–water partition coefficient (Wildman–Crippen LogP) is 30.1. The zero-order valence-electron chi connectivity index (χ0n) is 78.4. The van der Waals surface area contributed by atoms with E-state index in [4.69, 9.17) is 4.74 Å². The minimum Gasteiger partial charge on any atom is -0.463 e. The van der Waals surface area contributed by atoms with E-state index in [-0.39, 0.29) is 50.5 Å². The monoisotopic (exact) mass is 1450 g/mol. The summed E-state index contributed by atoms with van der Waals surface area (Å²) in [4.78, 5) is 71.4. The third-order valence-corrected chi connectivity index (χ3v) is 18.4. The average Bonchev–Trinajstić information content (AvgIpc) is 0.851. The summed E-state index contributed by atoms with van der Waals surface area (Å²) in [5.74, 6) is 1.74. The Bertz CT molecular complexity index is 2150. The Morgan fingerprint density at radius 2 is 0.490 bits per heavy atom. The Kier molecular flexibility index (Phi) is 56.6. The lowest BCUT2D eigenvalue weighted by molar-refractivity contribution is -0.147. The fourth-order valence-electron chi connectivity index (χ4n) is 9.92. The quantitative estimate of drug-likeness (QED) is 0.0520. The molecule has 0 radical (unpaired) electrons. The van der Waals surface area contributed by atoms with E-state index in [9.17, 15) is 28.8 Å². The second-order valence-corrected chi connectivity index (χ2v) is 46.4. The molecule has 0 unspecified atom stereocenters. The summed E-state index contributed by atoms with van der Waals surface area (Å²) in [6.07, 6.45) is 31.4. The van der Waals surface area contributed by atoms with E-state index in [2.05, 4.69) is 180 Å². The summed E-state index contributed by atoms with van der Waals surface area (Å²) in [6, 6.07) is 0. The number of rotatable bonds is 30. The molecule has 0 aromatic carbocycles. The molecule has 0 heterocycles. The molecule has 0 saturated carbocycles. The minimum absolute atomic E-state index is 0.0186. The summed E-state index contributed by atoms with van der Waals surface area (Å²) >= 11 is 0. The third kappa shape index (κ3) is 86.5. The molecular weight excluding hydrogens is 1260 g/mol. The van der Waals surface area contributed by atoms with Crippen LogP contribution < -0.4 is 0 Å². The summed E-state index contributed by atoms with van der Waals surface area (Å²) in [7, 11) is 1.91. The molecule has 8 nitrogen and oxygen atoms in total. The molecule has 0 spiro atoms. The maximum Gasteiger partial charge on any atom is 0.306 e. The number of esters is 1. The molecule has 0 fully saturated rings. The molecule has 0 N–H and O–H groups in total. The van der Waals surface area contributed by atoms with E-state index in [0.717, 1.165) is 64.3 Å². The van der Waals surface area contributed by atoms with Crippen molar-refractivity contribution in [2.45, 2.75) is 484 Å². The lowest BCUT2D eigenvalue weighted by atomic mass is 9.67. The van der Waals surface area contributed by atoms with E-state index in [0.29, 0.717) is 79.3 Å². The van der Waals surface area contributed by atoms with Crippen LogP contribution in [0, 0.1) is 75.8 Å². The number of hydrogen-bond donors (Lipinski definition) is 0. The molecule has 102 heavy (non-hydrogen) atoms. The highest BCUT2D eigenvalue weighted by Crippen LogP contribution is 2.42. The van der Waals surface area contributed by atoms with Crippen LogP contribution in [0.2, 0.25) is 0 Å². The molecule has 0 aliphatic rings. The molecule has 0 aliphatic carbocycles. The van der Waals surface area contributed by atoms with Gasteiger partial charge in [-0.05, 0) is 140 Å². The molecule has 0 bridgehead atoms. The minimum atomic E-state index is -0.250. The first-order valence-electron chi connectivity index (χ1n) is 41.4. The zero-order chi connectivity index (χ0) is 82.8. The molecule has 0 aromatic heterocycles. The molecule has 0 aromatic rings. The Morgan fingerprint density at radius 3 is 0.725 bits per heavy atom. The van der Waals surface area contributed by atoms with Crippen molar-refractivity contribution in [3.05, 3.63) is 0 Å². The van der Waals surface area contributed by atoms with Crippen LogP contribution in [0.4, 0.5) is 0 Å². The molecular formula is C94H191NO7. The SMILES string of the molecule is CC(C)(C)C(=O)CCCCCCC(C)(C)C(C)(C)C.CC(C)(C)CC(=O)C(C)(C)C.CC(C)(C)CCCCC(=O)C(C)(C)C.CC(C)(C)CCCCC(C)(C)C.CC(C)(C)CCCCCC(=O)C(C)(C)C.CC(C)OC(=O)CCCCC(C)(C)C.CN(CCCCCC(C)(C)C)C(=O)C(C)(C)C. The first kappa shape index (κ1) is 113. The Hall–Kier alpha value is -2.38. The second kappa shape index (κ2) is 51.1. The van der Waals surface area contributed by atoms with Gasteiger partial charge in [0.25, 0.3) is 0 Å². The first-order valence-corrected chi connectivity index (χ1v) is 41.4. The van der Waals surface area contributed by atoms with Gasteiger partial charge >= 0.3 is 5.97 Å². The van der Waals surface area contributed by atoms with E-state index in [1.165, 1.54) is 109 Å². The van der Waals surface area contributed by atoms with Crippen LogP contribution in [-0.4, -0.2) is 59.6 Å². The lowest BCUT2D eigenvalue weighted by Gasteiger charge is -2.39. The standard InChI is InChI=1S/C18H36O.C15H31NO.C14H28O.C13H26O.C12H24O2.C12H26.C10H20O/c1-16(2,3)15(19)13-11-9-10-12-14-18(7,8)17(4,5)6;1-14(2,3)11-9-8-10-12-16(7)13(17)15(4,5)6;1-13(2,3)11-9-7-8-10-12(15)14(4,5)6;1-12(2,3)10-8-7-9-11(14)13(4,5)6;1-10(2)14-11(13)8-6-7-9-12(3,4)5;1-11(2,3)9-7-8-10-12(4,5)6;1-9(2,3)7-8(11)10(4,5)6/h9-14H2,1-8H3;8-12H2,1-7H3;7-11H2,1-6H3;7-10H2,1-6H3;10H,6-9H2,1-5H3;7-10H2,1-6H3;7H2,1-6H3. The van der Waals surface area contributed by atoms with Gasteiger partial charge in [-0.2, -0.15) is 0 Å². The van der Waals surface area contributed by atoms with Crippen LogP contribution in [0.5, 0.6) is 0 Å². The van der Waals surface area contributed by atoms with Gasteiger partial charge in [0.2, 0.25) is 5.91 Å². The van der Waals surface area contributed by atoms with Crippen LogP contribution in [0.25, 0.3) is 0 Å². The van der Waals surface area contributed by atoms with Crippen molar-refractivity contribution in [2.24, 2.45) is 75.8 Å². The summed E-state index contributed by atoms with van der Waals surface area (Å²) in [5.41, 5.74) is 2.73. The van der Waals surface area contributed by atoms with Crippen molar-refractivity contribution in [3.63, 3.8) is 0 Å². The third-order valence-electron chi connectivity index (χ3n) is 18.4. The molecule has 0 atom stereocenters. The number of amides is 1. The van der Waals surface area contributed by atoms with Crippen molar-refractivity contribution >= 4 is 35.0 Å². The van der Waals surface area contributed by atoms with Gasteiger partial charge in [0.1, 0.15) is 23.1 Å². The summed E-state index contributed by atoms with van der Waals surface area (Å²) < 4.78 is 5.04. The van der Waals surface area contributed by atoms with Gasteiger partial charge in [-0.1, -0.05) is 355 Å². The van der Waals surface area contributed by atoms with Crippen molar-refractivity contribution in [3.8, 4) is 0 Å². The summed E-state index contributed by atoms with van der Waals surface area (Å²) in [6.45, 7) is 93.6. The maximum absolute atomic E-state index is 11.9. The normalized spacial score (nSPS) is 13.0. The second-order valence-electron chi connectivity index (χ2n) is 46.4. The lowest BCUT2D eigenvalue weighted by Crippen LogP contribution is -2.37. The number of unbranched alkanes of at least 4 members (excludes halogenated alkanes) is 10. The molecule has 8 heteroatoms. The van der Waals surface area contributed by atoms with Crippen molar-refractivity contribution in [1.82, 2.24) is 4.90 Å². The van der Waals surface area contributed by atoms with E-state index >= 15 is 0 Å². The van der Waals surface area contributed by atoms with E-state index in [1.54, 1.807) is 0 Å². The molecule has 0 aliphatic heterocycles. The van der Waals surface area contributed by atoms with Crippen LogP contribution in [0.3, 0.4) is 0 Å². The predicted molar refractivity (Wildman–Crippen MR) is 455 cm³/mol. The van der Waals surface area contributed by atoms with Crippen LogP contribution in [0.15, 0.2) is 0 Å². The van der Waals surface area contributed by atoms with Crippen molar-refractivity contribution < 1.29 is 33.5 Å². The average molecular weight is 1450 g/mol. The fraction of sp³-hybridized carbons (Fsp3) is 0.936. The summed E-state index contributed by atoms with van der Waals surface area (Å²) in [5, 5.41) is 0. The fourth-order valence-corrected chi connectivity index (χ4v) is 9.92. The van der Waals surface area contributed by atoms with Crippen LogP contribution >= 0.6 is 0 Å². The highest BCUT2D eigenvalue weighted by Gasteiger charge is 2.32. The maximum atomic E-state index is 11.9. The molecule has 0 rings (SSSR count). The van der Waals surface area contributed by atoms with Gasteiger partial charge in [-0.3, -0.25) is 28.8 Å². The molecule has 0 saturated heterocycles. The Morgan fingerprint density at radius 1 is 0.265 bits per heavy atom. The number of nitrogens with zero attached hydrogens (tertiary/aromatic N) is 1. The first-order chi connectivity index (χ1) is 44.8. The van der Waals surface area contributed by atoms with Gasteiger partial charge in [0, 0.05) is 72.8 Å². The highest BCUT2D eigenvalue weighted by atomic mass is 16.5. The van der Waals surface area contributed by atoms with Crippen molar-refractivity contribution in [2.75, 3.05) is 13.6 Å². The van der Waals surface area contributed by atoms with Gasteiger partial charge in [0.05, 0.1) is 6.10 Å². The number of carbonyl (C=O) groups excluding carboxylic acids is 6. The topological polar surface area (TPSA) is 115 Å². The van der Waals surface area contributed by atoms with Crippen LogP contribution in [-0.2, 0) is 33.5 Å². The van der Waals surface area contributed by atoms with Crippen molar-refractivity contribution in [1.29, 1.82) is 0 Å². The zero-order valence-corrected chi connectivity index (χ0v) is 78.4. The van der Waals surface area contributed by atoms with E-state index in [1.807, 2.05) is 130 Å². The Labute approximate surface area is 643 Å². The van der Waals surface area contributed by atoms with Crippen LogP contribution in [0.1, 0.15) is 478 Å². The van der Waals surface area contributed by atoms with Gasteiger partial charge < -0.3 is 9.64 Å². The Balaban J connectivity index is -0.000000208. The molecule has 614 valence electrons. The number of carbonyl (C=O) groups is 6. The molecule has 1 amide bonds. The number of ketones is 4. The largest absolute Gasteiger partial charge is 0.463 e. The van der Waals surface area contributed by atoms with Gasteiger partial charge in [-0.25, -0.2) is 0 Å². The number of Topliss-reactive ketones (excluding diaryl/α,β-unsaturated/α-hetero) is 4.